The molecule has 112 valence electrons. The van der Waals surface area contributed by atoms with Crippen LogP contribution in [0.2, 0.25) is 0 Å². The van der Waals surface area contributed by atoms with E-state index >= 15 is 0 Å². The Morgan fingerprint density at radius 2 is 1.90 bits per heavy atom. The van der Waals surface area contributed by atoms with E-state index in [0.717, 1.165) is 5.56 Å². The predicted molar refractivity (Wildman–Crippen MR) is 75.9 cm³/mol. The van der Waals surface area contributed by atoms with Crippen LogP contribution in [-0.4, -0.2) is 28.8 Å². The van der Waals surface area contributed by atoms with Gasteiger partial charge in [0.15, 0.2) is 0 Å². The van der Waals surface area contributed by atoms with Crippen LogP contribution in [-0.2, 0) is 11.2 Å². The first-order valence-electron chi connectivity index (χ1n) is 6.42. The Morgan fingerprint density at radius 1 is 1.33 bits per heavy atom. The molecule has 0 unspecified atom stereocenters. The van der Waals surface area contributed by atoms with Crippen LogP contribution in [0.15, 0.2) is 24.3 Å². The monoisotopic (exact) mass is 290 g/mol. The van der Waals surface area contributed by atoms with Gasteiger partial charge < -0.3 is 15.2 Å². The summed E-state index contributed by atoms with van der Waals surface area (Å²) in [6, 6.07) is 7.38. The topological polar surface area (TPSA) is 99.4 Å². The molecule has 0 aliphatic heterocycles. The van der Waals surface area contributed by atoms with Gasteiger partial charge in [-0.1, -0.05) is 12.1 Å². The van der Waals surface area contributed by atoms with Crippen molar-refractivity contribution in [1.82, 2.24) is 5.32 Å². The van der Waals surface area contributed by atoms with Gasteiger partial charge in [-0.2, -0.15) is 5.26 Å². The van der Waals surface area contributed by atoms with Gasteiger partial charge in [-0.15, -0.1) is 0 Å². The van der Waals surface area contributed by atoms with Crippen LogP contribution in [0.5, 0.6) is 0 Å². The van der Waals surface area contributed by atoms with Crippen LogP contribution in [0, 0.1) is 11.3 Å². The van der Waals surface area contributed by atoms with Gasteiger partial charge in [-0.25, -0.2) is 9.59 Å². The Morgan fingerprint density at radius 3 is 2.33 bits per heavy atom. The van der Waals surface area contributed by atoms with Gasteiger partial charge in [0.25, 0.3) is 0 Å². The van der Waals surface area contributed by atoms with Crippen molar-refractivity contribution in [2.75, 3.05) is 0 Å². The zero-order valence-electron chi connectivity index (χ0n) is 12.2. The molecule has 0 spiro atoms. The summed E-state index contributed by atoms with van der Waals surface area (Å²) in [5, 5.41) is 20.3. The fraction of sp³-hybridized carbons (Fsp3) is 0.400. The summed E-state index contributed by atoms with van der Waals surface area (Å²) in [6.07, 6.45) is -0.383. The molecule has 0 aromatic heterocycles. The number of benzene rings is 1. The molecule has 0 aliphatic carbocycles. The first kappa shape index (κ1) is 16.5. The molecule has 1 aromatic carbocycles. The van der Waals surface area contributed by atoms with Crippen LogP contribution in [0.25, 0.3) is 0 Å². The molecule has 0 saturated carbocycles. The summed E-state index contributed by atoms with van der Waals surface area (Å²) in [6.45, 7) is 5.20. The zero-order valence-corrected chi connectivity index (χ0v) is 12.2. The third-order valence-corrected chi connectivity index (χ3v) is 2.49. The minimum Gasteiger partial charge on any atom is -0.478 e. The number of rotatable bonds is 4. The highest BCUT2D eigenvalue weighted by Gasteiger charge is 2.19. The fourth-order valence-corrected chi connectivity index (χ4v) is 1.60. The highest BCUT2D eigenvalue weighted by molar-refractivity contribution is 5.87. The van der Waals surface area contributed by atoms with Gasteiger partial charge in [0, 0.05) is 6.42 Å². The molecule has 1 atom stereocenters. The summed E-state index contributed by atoms with van der Waals surface area (Å²) in [4.78, 5) is 22.3. The molecule has 1 amide bonds. The molecule has 21 heavy (non-hydrogen) atoms. The number of carbonyl (C=O) groups is 2. The number of ether oxygens (including phenoxy) is 1. The second-order valence-electron chi connectivity index (χ2n) is 5.53. The number of carboxylic acids is 1. The van der Waals surface area contributed by atoms with E-state index in [2.05, 4.69) is 5.32 Å². The molecular weight excluding hydrogens is 272 g/mol. The number of hydrogen-bond acceptors (Lipinski definition) is 4. The van der Waals surface area contributed by atoms with Crippen LogP contribution in [0.3, 0.4) is 0 Å². The van der Waals surface area contributed by atoms with E-state index in [9.17, 15) is 9.59 Å². The predicted octanol–water partition coefficient (Wildman–Crippen LogP) is 2.34. The van der Waals surface area contributed by atoms with E-state index in [1.807, 2.05) is 6.07 Å². The van der Waals surface area contributed by atoms with E-state index in [4.69, 9.17) is 15.1 Å². The normalized spacial score (nSPS) is 12.1. The molecule has 0 heterocycles. The first-order valence-corrected chi connectivity index (χ1v) is 6.42. The molecule has 6 heteroatoms. The minimum absolute atomic E-state index is 0.173. The summed E-state index contributed by atoms with van der Waals surface area (Å²) >= 11 is 0. The van der Waals surface area contributed by atoms with Gasteiger partial charge in [0.05, 0.1) is 11.6 Å². The number of carboxylic acid groups (broad SMARTS) is 1. The smallest absolute Gasteiger partial charge is 0.408 e. The Hall–Kier alpha value is -2.55. The summed E-state index contributed by atoms with van der Waals surface area (Å²) in [5.41, 5.74) is 0.294. The number of hydrogen-bond donors (Lipinski definition) is 2. The van der Waals surface area contributed by atoms with Crippen molar-refractivity contribution < 1.29 is 19.4 Å². The molecule has 6 nitrogen and oxygen atoms in total. The maximum Gasteiger partial charge on any atom is 0.408 e. The average molecular weight is 290 g/mol. The molecular formula is C15H18N2O4. The maximum atomic E-state index is 11.6. The second kappa shape index (κ2) is 6.75. The van der Waals surface area contributed by atoms with Gasteiger partial charge in [-0.3, -0.25) is 0 Å². The second-order valence-corrected chi connectivity index (χ2v) is 5.53. The van der Waals surface area contributed by atoms with Gasteiger partial charge in [0.2, 0.25) is 0 Å². The molecule has 0 aliphatic rings. The Kier molecular flexibility index (Phi) is 5.30. The lowest BCUT2D eigenvalue weighted by Gasteiger charge is -2.21. The van der Waals surface area contributed by atoms with E-state index in [1.165, 1.54) is 12.1 Å². The lowest BCUT2D eigenvalue weighted by atomic mass is 10.1. The van der Waals surface area contributed by atoms with Crippen molar-refractivity contribution in [2.24, 2.45) is 0 Å². The highest BCUT2D eigenvalue weighted by Crippen LogP contribution is 2.09. The van der Waals surface area contributed by atoms with Crippen LogP contribution in [0.4, 0.5) is 4.79 Å². The number of alkyl carbamates (subject to hydrolysis) is 1. The van der Waals surface area contributed by atoms with Gasteiger partial charge in [-0.05, 0) is 38.5 Å². The van der Waals surface area contributed by atoms with Crippen molar-refractivity contribution in [1.29, 1.82) is 5.26 Å². The Labute approximate surface area is 123 Å². The standard InChI is InChI=1S/C15H18N2O4/c1-15(2,3)21-14(20)17-12(9-16)8-10-4-6-11(7-5-10)13(18)19/h4-7,12H,8H2,1-3H3,(H,17,20)(H,18,19)/t12-/m0/s1. The summed E-state index contributed by atoms with van der Waals surface area (Å²) in [7, 11) is 0. The summed E-state index contributed by atoms with van der Waals surface area (Å²) < 4.78 is 5.08. The minimum atomic E-state index is -1.01. The molecule has 2 N–H and O–H groups in total. The van der Waals surface area contributed by atoms with Crippen molar-refractivity contribution in [3.63, 3.8) is 0 Å². The summed E-state index contributed by atoms with van der Waals surface area (Å²) in [5.74, 6) is -1.01. The van der Waals surface area contributed by atoms with Crippen molar-refractivity contribution in [3.8, 4) is 6.07 Å². The van der Waals surface area contributed by atoms with Gasteiger partial charge >= 0.3 is 12.1 Å². The number of carbonyl (C=O) groups excluding carboxylic acids is 1. The molecule has 0 bridgehead atoms. The fourth-order valence-electron chi connectivity index (χ4n) is 1.60. The molecule has 1 rings (SSSR count). The molecule has 0 radical (unpaired) electrons. The molecule has 0 fully saturated rings. The van der Waals surface area contributed by atoms with Crippen molar-refractivity contribution >= 4 is 12.1 Å². The van der Waals surface area contributed by atoms with Crippen LogP contribution >= 0.6 is 0 Å². The number of aromatic carboxylic acids is 1. The maximum absolute atomic E-state index is 11.6. The van der Waals surface area contributed by atoms with E-state index in [1.54, 1.807) is 32.9 Å². The number of amides is 1. The first-order chi connectivity index (χ1) is 9.71. The third kappa shape index (κ3) is 5.95. The average Bonchev–Trinajstić information content (AvgIpc) is 2.36. The van der Waals surface area contributed by atoms with Crippen molar-refractivity contribution in [3.05, 3.63) is 35.4 Å². The van der Waals surface area contributed by atoms with Crippen LogP contribution < -0.4 is 5.32 Å². The zero-order chi connectivity index (χ0) is 16.0. The quantitative estimate of drug-likeness (QED) is 0.886. The molecule has 1 aromatic rings. The van der Waals surface area contributed by atoms with E-state index in [0.29, 0.717) is 0 Å². The lowest BCUT2D eigenvalue weighted by molar-refractivity contribution is 0.0515. The third-order valence-electron chi connectivity index (χ3n) is 2.49. The Bertz CT molecular complexity index is 553. The SMILES string of the molecule is CC(C)(C)OC(=O)N[C@H](C#N)Cc1ccc(C(=O)O)cc1. The number of nitrogens with one attached hydrogen (secondary N) is 1. The van der Waals surface area contributed by atoms with E-state index in [-0.39, 0.29) is 12.0 Å². The largest absolute Gasteiger partial charge is 0.478 e. The number of nitrogens with zero attached hydrogens (tertiary/aromatic N) is 1. The number of nitriles is 1. The highest BCUT2D eigenvalue weighted by atomic mass is 16.6. The Balaban J connectivity index is 2.64. The lowest BCUT2D eigenvalue weighted by Crippen LogP contribution is -2.39. The van der Waals surface area contributed by atoms with Crippen molar-refractivity contribution in [2.45, 2.75) is 38.8 Å². The van der Waals surface area contributed by atoms with Gasteiger partial charge in [0.1, 0.15) is 11.6 Å². The van der Waals surface area contributed by atoms with E-state index < -0.39 is 23.7 Å². The molecule has 0 saturated heterocycles. The van der Waals surface area contributed by atoms with Crippen LogP contribution in [0.1, 0.15) is 36.7 Å².